The van der Waals surface area contributed by atoms with Crippen LogP contribution in [0.3, 0.4) is 0 Å². The van der Waals surface area contributed by atoms with Gasteiger partial charge < -0.3 is 14.6 Å². The Labute approximate surface area is 137 Å². The van der Waals surface area contributed by atoms with Gasteiger partial charge in [0.25, 0.3) is 0 Å². The van der Waals surface area contributed by atoms with Gasteiger partial charge in [-0.3, -0.25) is 4.79 Å². The fourth-order valence-corrected chi connectivity index (χ4v) is 1.95. The van der Waals surface area contributed by atoms with Crippen LogP contribution < -0.4 is 9.79 Å². The number of alkyl halides is 3. The third-order valence-electron chi connectivity index (χ3n) is 2.35. The van der Waals surface area contributed by atoms with Gasteiger partial charge in [-0.2, -0.15) is 13.2 Å². The standard InChI is InChI=1S/C10H11N4O2S.C2HF3O2/c1-16-10(15)3-5-14-6-9(17-13-14)8-2-4-11-7-12-8;3-2(4,5)1(6)7/h2,4,6-7H,3,5H2,1H3;(H,6,7)/q+1;/p-1. The molecule has 0 aliphatic rings. The molecule has 0 bridgehead atoms. The first kappa shape index (κ1) is 19.4. The molecule has 24 heavy (non-hydrogen) atoms. The molecule has 0 radical (unpaired) electrons. The number of carbonyl (C=O) groups is 2. The molecule has 2 aromatic rings. The first-order chi connectivity index (χ1) is 11.2. The minimum absolute atomic E-state index is 0.242. The van der Waals surface area contributed by atoms with Crippen LogP contribution in [0.5, 0.6) is 0 Å². The van der Waals surface area contributed by atoms with Gasteiger partial charge in [0.1, 0.15) is 23.6 Å². The molecule has 0 N–H and O–H groups in total. The van der Waals surface area contributed by atoms with Crippen molar-refractivity contribution < 1.29 is 37.3 Å². The molecule has 0 spiro atoms. The number of ether oxygens (including phenoxy) is 1. The number of halogens is 3. The van der Waals surface area contributed by atoms with Crippen LogP contribution in [0, 0.1) is 0 Å². The molecular formula is C12H11F3N4O4S. The molecule has 0 aliphatic heterocycles. The van der Waals surface area contributed by atoms with E-state index in [-0.39, 0.29) is 5.97 Å². The summed E-state index contributed by atoms with van der Waals surface area (Å²) < 4.78 is 42.0. The fourth-order valence-electron chi connectivity index (χ4n) is 1.24. The van der Waals surface area contributed by atoms with E-state index in [1.807, 2.05) is 12.3 Å². The molecule has 2 heterocycles. The third-order valence-corrected chi connectivity index (χ3v) is 3.15. The average molecular weight is 364 g/mol. The molecule has 0 atom stereocenters. The van der Waals surface area contributed by atoms with Gasteiger partial charge in [-0.05, 0) is 6.07 Å². The van der Waals surface area contributed by atoms with Gasteiger partial charge in [0, 0.05) is 17.7 Å². The fraction of sp³-hybridized carbons (Fsp3) is 0.333. The van der Waals surface area contributed by atoms with Gasteiger partial charge >= 0.3 is 12.1 Å². The second kappa shape index (κ2) is 8.86. The van der Waals surface area contributed by atoms with Crippen molar-refractivity contribution in [2.75, 3.05) is 7.11 Å². The summed E-state index contributed by atoms with van der Waals surface area (Å²) in [6.45, 7) is 0.508. The SMILES string of the molecule is COC(=O)CC[n+]1cc(-c2ccncn2)sn1.O=C([O-])C(F)(F)F. The number of carbonyl (C=O) groups excluding carboxylic acids is 2. The van der Waals surface area contributed by atoms with Crippen molar-refractivity contribution in [3.05, 3.63) is 24.8 Å². The molecule has 12 heteroatoms. The van der Waals surface area contributed by atoms with E-state index < -0.39 is 12.1 Å². The number of carboxylic acids is 1. The zero-order valence-corrected chi connectivity index (χ0v) is 13.0. The number of methoxy groups -OCH3 is 1. The average Bonchev–Trinajstić information content (AvgIpc) is 3.02. The first-order valence-corrected chi connectivity index (χ1v) is 6.99. The van der Waals surface area contributed by atoms with Crippen molar-refractivity contribution in [2.45, 2.75) is 19.1 Å². The lowest BCUT2D eigenvalue weighted by molar-refractivity contribution is -0.745. The van der Waals surface area contributed by atoms with Gasteiger partial charge in [-0.15, -0.1) is 0 Å². The molecule has 2 rings (SSSR count). The maximum absolute atomic E-state index is 11.0. The van der Waals surface area contributed by atoms with Gasteiger partial charge in [0.2, 0.25) is 6.20 Å². The lowest BCUT2D eigenvalue weighted by Gasteiger charge is -2.03. The monoisotopic (exact) mass is 364 g/mol. The highest BCUT2D eigenvalue weighted by molar-refractivity contribution is 7.09. The summed E-state index contributed by atoms with van der Waals surface area (Å²) >= 11 is 1.33. The Bertz CT molecular complexity index is 678. The third kappa shape index (κ3) is 6.64. The van der Waals surface area contributed by atoms with Crippen molar-refractivity contribution in [1.29, 1.82) is 0 Å². The highest BCUT2D eigenvalue weighted by atomic mass is 32.1. The zero-order valence-electron chi connectivity index (χ0n) is 12.2. The smallest absolute Gasteiger partial charge is 0.430 e. The molecule has 130 valence electrons. The number of nitrogens with zero attached hydrogens (tertiary/aromatic N) is 4. The molecule has 0 fully saturated rings. The van der Waals surface area contributed by atoms with E-state index in [0.29, 0.717) is 13.0 Å². The number of aliphatic carboxylic acids is 1. The highest BCUT2D eigenvalue weighted by Gasteiger charge is 2.28. The largest absolute Gasteiger partial charge is 0.542 e. The van der Waals surface area contributed by atoms with Gasteiger partial charge in [0.05, 0.1) is 17.3 Å². The minimum Gasteiger partial charge on any atom is -0.542 e. The number of rotatable bonds is 4. The molecule has 0 aliphatic carbocycles. The van der Waals surface area contributed by atoms with E-state index >= 15 is 0 Å². The van der Waals surface area contributed by atoms with Gasteiger partial charge in [-0.25, -0.2) is 9.97 Å². The van der Waals surface area contributed by atoms with Crippen molar-refractivity contribution in [2.24, 2.45) is 0 Å². The maximum Gasteiger partial charge on any atom is 0.430 e. The predicted molar refractivity (Wildman–Crippen MR) is 71.0 cm³/mol. The van der Waals surface area contributed by atoms with Crippen LogP contribution in [0.1, 0.15) is 6.42 Å². The summed E-state index contributed by atoms with van der Waals surface area (Å²) in [6, 6.07) is 1.82. The molecule has 8 nitrogen and oxygen atoms in total. The molecule has 0 aromatic carbocycles. The van der Waals surface area contributed by atoms with E-state index in [2.05, 4.69) is 19.2 Å². The molecular weight excluding hydrogens is 353 g/mol. The lowest BCUT2D eigenvalue weighted by atomic mass is 10.3. The van der Waals surface area contributed by atoms with E-state index in [1.54, 1.807) is 10.9 Å². The quantitative estimate of drug-likeness (QED) is 0.543. The van der Waals surface area contributed by atoms with E-state index in [4.69, 9.17) is 9.90 Å². The number of aryl methyl sites for hydroxylation is 1. The van der Waals surface area contributed by atoms with Crippen LogP contribution in [-0.4, -0.2) is 39.7 Å². The molecule has 0 amide bonds. The molecule has 0 saturated carbocycles. The Hall–Kier alpha value is -2.63. The van der Waals surface area contributed by atoms with Crippen molar-refractivity contribution >= 4 is 23.5 Å². The molecule has 0 saturated heterocycles. The van der Waals surface area contributed by atoms with Crippen LogP contribution in [0.15, 0.2) is 24.8 Å². The van der Waals surface area contributed by atoms with Gasteiger partial charge in [-0.1, -0.05) is 4.68 Å². The predicted octanol–water partition coefficient (Wildman–Crippen LogP) is -0.251. The topological polar surface area (TPSA) is 109 Å². The molecule has 0 unspecified atom stereocenters. The van der Waals surface area contributed by atoms with E-state index in [1.165, 1.54) is 25.0 Å². The minimum atomic E-state index is -5.19. The second-order valence-electron chi connectivity index (χ2n) is 4.04. The van der Waals surface area contributed by atoms with Crippen LogP contribution in [0.4, 0.5) is 13.2 Å². The van der Waals surface area contributed by atoms with Gasteiger partial charge in [0.15, 0.2) is 6.54 Å². The highest BCUT2D eigenvalue weighted by Crippen LogP contribution is 2.16. The Balaban J connectivity index is 0.000000351. The zero-order chi connectivity index (χ0) is 18.2. The van der Waals surface area contributed by atoms with E-state index in [0.717, 1.165) is 10.6 Å². The van der Waals surface area contributed by atoms with Crippen molar-refractivity contribution in [3.8, 4) is 10.6 Å². The summed E-state index contributed by atoms with van der Waals surface area (Å²) in [4.78, 5) is 28.7. The van der Waals surface area contributed by atoms with Crippen LogP contribution in [-0.2, 0) is 20.9 Å². The number of aromatic nitrogens is 4. The maximum atomic E-state index is 11.0. The summed E-state index contributed by atoms with van der Waals surface area (Å²) in [5, 5.41) is 8.78. The lowest BCUT2D eigenvalue weighted by Crippen LogP contribution is -2.37. The normalized spacial score (nSPS) is 10.5. The number of hydrogen-bond donors (Lipinski definition) is 0. The Kier molecular flexibility index (Phi) is 7.17. The Morgan fingerprint density at radius 2 is 2.08 bits per heavy atom. The molecule has 2 aromatic heterocycles. The van der Waals surface area contributed by atoms with Crippen LogP contribution in [0.25, 0.3) is 10.6 Å². The summed E-state index contributed by atoms with van der Waals surface area (Å²) in [7, 11) is 1.38. The Morgan fingerprint density at radius 1 is 1.42 bits per heavy atom. The second-order valence-corrected chi connectivity index (χ2v) is 4.82. The summed E-state index contributed by atoms with van der Waals surface area (Å²) in [5.74, 6) is -3.25. The van der Waals surface area contributed by atoms with Crippen LogP contribution >= 0.6 is 11.5 Å². The van der Waals surface area contributed by atoms with Crippen molar-refractivity contribution in [3.63, 3.8) is 0 Å². The summed E-state index contributed by atoms with van der Waals surface area (Å²) in [6.07, 6.45) is 0.152. The number of hydrogen-bond acceptors (Lipinski definition) is 8. The number of esters is 1. The number of carboxylic acid groups (broad SMARTS) is 1. The summed E-state index contributed by atoms with van der Waals surface area (Å²) in [5.41, 5.74) is 0.828. The Morgan fingerprint density at radius 3 is 2.58 bits per heavy atom. The van der Waals surface area contributed by atoms with Crippen molar-refractivity contribution in [1.82, 2.24) is 14.5 Å². The van der Waals surface area contributed by atoms with E-state index in [9.17, 15) is 18.0 Å². The van der Waals surface area contributed by atoms with Crippen LogP contribution in [0.2, 0.25) is 0 Å². The first-order valence-electron chi connectivity index (χ1n) is 6.22.